The summed E-state index contributed by atoms with van der Waals surface area (Å²) in [6.07, 6.45) is 2.19. The first kappa shape index (κ1) is 15.2. The fourth-order valence-corrected chi connectivity index (χ4v) is 1.98. The molecule has 1 fully saturated rings. The summed E-state index contributed by atoms with van der Waals surface area (Å²) in [5.41, 5.74) is 16.3. The van der Waals surface area contributed by atoms with Crippen LogP contribution in [0.1, 0.15) is 25.7 Å². The highest BCUT2D eigenvalue weighted by Gasteiger charge is 2.30. The molecular formula is C11H23N5O2. The van der Waals surface area contributed by atoms with Crippen molar-refractivity contribution in [2.24, 2.45) is 17.2 Å². The zero-order valence-electron chi connectivity index (χ0n) is 10.5. The maximum absolute atomic E-state index is 11.8. The van der Waals surface area contributed by atoms with Crippen LogP contribution in [0.4, 0.5) is 0 Å². The molecule has 0 aromatic heterocycles. The van der Waals surface area contributed by atoms with Crippen molar-refractivity contribution >= 4 is 11.6 Å². The van der Waals surface area contributed by atoms with Gasteiger partial charge in [-0.15, -0.1) is 0 Å². The largest absolute Gasteiger partial charge is 0.321 e. The third kappa shape index (κ3) is 4.79. The van der Waals surface area contributed by atoms with Gasteiger partial charge in [-0.3, -0.25) is 14.9 Å². The molecule has 1 heterocycles. The number of ketones is 2. The monoisotopic (exact) mass is 257 g/mol. The lowest BCUT2D eigenvalue weighted by atomic mass is 9.99. The van der Waals surface area contributed by atoms with Gasteiger partial charge in [0.2, 0.25) is 11.6 Å². The van der Waals surface area contributed by atoms with Crippen molar-refractivity contribution in [2.75, 3.05) is 13.1 Å². The number of rotatable bonds is 8. The smallest absolute Gasteiger partial charge is 0.216 e. The molecule has 0 amide bonds. The van der Waals surface area contributed by atoms with E-state index in [0.29, 0.717) is 19.4 Å². The first-order valence-electron chi connectivity index (χ1n) is 6.34. The van der Waals surface area contributed by atoms with E-state index in [1.54, 1.807) is 0 Å². The molecule has 1 aliphatic rings. The van der Waals surface area contributed by atoms with E-state index in [1.807, 2.05) is 0 Å². The molecule has 0 aromatic rings. The van der Waals surface area contributed by atoms with Gasteiger partial charge in [0.05, 0.1) is 12.1 Å². The van der Waals surface area contributed by atoms with Gasteiger partial charge in [-0.25, -0.2) is 0 Å². The summed E-state index contributed by atoms with van der Waals surface area (Å²) >= 11 is 0. The molecule has 7 nitrogen and oxygen atoms in total. The second-order valence-electron chi connectivity index (χ2n) is 4.61. The quantitative estimate of drug-likeness (QED) is 0.189. The van der Waals surface area contributed by atoms with E-state index >= 15 is 0 Å². The number of nitrogens with two attached hydrogens (primary N) is 3. The number of hydrogen-bond donors (Lipinski definition) is 5. The Morgan fingerprint density at radius 1 is 1.33 bits per heavy atom. The number of nitrogens with one attached hydrogen (secondary N) is 2. The minimum Gasteiger partial charge on any atom is -0.321 e. The maximum atomic E-state index is 11.8. The molecule has 0 bridgehead atoms. The summed E-state index contributed by atoms with van der Waals surface area (Å²) in [7, 11) is 0. The average Bonchev–Trinajstić information content (AvgIpc) is 2.86. The van der Waals surface area contributed by atoms with Crippen LogP contribution in [0.3, 0.4) is 0 Å². The highest BCUT2D eigenvalue weighted by molar-refractivity contribution is 6.41. The molecule has 0 saturated carbocycles. The standard InChI is InChI=1S/C11H23N5O2/c12-7(3-1-6-16-11(13)14)9(17)10(18)8-4-2-5-15-8/h7-8,11,15-16H,1-6,12-14H2/t7-,8-/m0/s1. The summed E-state index contributed by atoms with van der Waals surface area (Å²) in [6, 6.07) is -1.06. The summed E-state index contributed by atoms with van der Waals surface area (Å²) in [5.74, 6) is -0.866. The minimum atomic E-state index is -0.726. The zero-order valence-corrected chi connectivity index (χ0v) is 10.5. The molecular weight excluding hydrogens is 234 g/mol. The van der Waals surface area contributed by atoms with Gasteiger partial charge < -0.3 is 22.5 Å². The highest BCUT2D eigenvalue weighted by atomic mass is 16.2. The fourth-order valence-electron chi connectivity index (χ4n) is 1.98. The Morgan fingerprint density at radius 2 is 2.06 bits per heavy atom. The molecule has 2 atom stereocenters. The van der Waals surface area contributed by atoms with Crippen molar-refractivity contribution in [1.29, 1.82) is 0 Å². The van der Waals surface area contributed by atoms with Gasteiger partial charge in [0, 0.05) is 0 Å². The Hall–Kier alpha value is -0.860. The molecule has 0 unspecified atom stereocenters. The van der Waals surface area contributed by atoms with E-state index in [4.69, 9.17) is 17.2 Å². The van der Waals surface area contributed by atoms with Gasteiger partial charge in [0.1, 0.15) is 6.29 Å². The van der Waals surface area contributed by atoms with Crippen LogP contribution in [0, 0.1) is 0 Å². The van der Waals surface area contributed by atoms with Crippen LogP contribution in [-0.4, -0.2) is 43.0 Å². The Kier molecular flexibility index (Phi) is 6.37. The van der Waals surface area contributed by atoms with Crippen molar-refractivity contribution in [1.82, 2.24) is 10.6 Å². The molecule has 0 aliphatic carbocycles. The lowest BCUT2D eigenvalue weighted by molar-refractivity contribution is -0.138. The molecule has 1 saturated heterocycles. The molecule has 0 aromatic carbocycles. The van der Waals surface area contributed by atoms with Gasteiger partial charge in [0.25, 0.3) is 0 Å². The van der Waals surface area contributed by atoms with Gasteiger partial charge in [-0.05, 0) is 38.8 Å². The SMILES string of the molecule is NC(N)NCCC[C@H](N)C(=O)C(=O)[C@@H]1CCCN1. The Balaban J connectivity index is 2.25. The molecule has 1 rings (SSSR count). The average molecular weight is 257 g/mol. The Bertz CT molecular complexity index is 289. The van der Waals surface area contributed by atoms with Gasteiger partial charge >= 0.3 is 0 Å². The molecule has 18 heavy (non-hydrogen) atoms. The normalized spacial score (nSPS) is 21.2. The van der Waals surface area contributed by atoms with E-state index in [1.165, 1.54) is 0 Å². The first-order chi connectivity index (χ1) is 8.52. The molecule has 104 valence electrons. The van der Waals surface area contributed by atoms with Crippen molar-refractivity contribution < 1.29 is 9.59 Å². The minimum absolute atomic E-state index is 0.334. The van der Waals surface area contributed by atoms with Crippen LogP contribution in [-0.2, 0) is 9.59 Å². The highest BCUT2D eigenvalue weighted by Crippen LogP contribution is 2.08. The molecule has 7 heteroatoms. The molecule has 0 spiro atoms. The summed E-state index contributed by atoms with van der Waals surface area (Å²) in [6.45, 7) is 1.37. The zero-order chi connectivity index (χ0) is 13.5. The van der Waals surface area contributed by atoms with Gasteiger partial charge in [-0.1, -0.05) is 0 Å². The molecule has 0 radical (unpaired) electrons. The van der Waals surface area contributed by atoms with Gasteiger partial charge in [0.15, 0.2) is 0 Å². The first-order valence-corrected chi connectivity index (χ1v) is 6.34. The summed E-state index contributed by atoms with van der Waals surface area (Å²) < 4.78 is 0. The summed E-state index contributed by atoms with van der Waals surface area (Å²) in [4.78, 5) is 23.6. The second kappa shape index (κ2) is 7.55. The van der Waals surface area contributed by atoms with E-state index in [0.717, 1.165) is 19.4 Å². The predicted molar refractivity (Wildman–Crippen MR) is 68.4 cm³/mol. The van der Waals surface area contributed by atoms with Crippen molar-refractivity contribution in [2.45, 2.75) is 44.1 Å². The van der Waals surface area contributed by atoms with E-state index < -0.39 is 18.1 Å². The Labute approximate surface area is 107 Å². The molecule has 8 N–H and O–H groups in total. The lowest BCUT2D eigenvalue weighted by Crippen LogP contribution is -2.46. The van der Waals surface area contributed by atoms with Crippen LogP contribution in [0.25, 0.3) is 0 Å². The van der Waals surface area contributed by atoms with Gasteiger partial charge in [-0.2, -0.15) is 0 Å². The van der Waals surface area contributed by atoms with E-state index in [2.05, 4.69) is 10.6 Å². The number of Topliss-reactive ketones (excluding diaryl/α,β-unsaturated/α-hetero) is 2. The lowest BCUT2D eigenvalue weighted by Gasteiger charge is -2.14. The third-order valence-electron chi connectivity index (χ3n) is 3.03. The fraction of sp³-hybridized carbons (Fsp3) is 0.818. The molecule has 1 aliphatic heterocycles. The number of carbonyl (C=O) groups is 2. The van der Waals surface area contributed by atoms with Crippen LogP contribution in [0.5, 0.6) is 0 Å². The van der Waals surface area contributed by atoms with Crippen LogP contribution in [0.2, 0.25) is 0 Å². The maximum Gasteiger partial charge on any atom is 0.216 e. The topological polar surface area (TPSA) is 136 Å². The van der Waals surface area contributed by atoms with Crippen LogP contribution in [0.15, 0.2) is 0 Å². The number of hydrogen-bond acceptors (Lipinski definition) is 7. The Morgan fingerprint density at radius 3 is 2.61 bits per heavy atom. The van der Waals surface area contributed by atoms with E-state index in [-0.39, 0.29) is 11.8 Å². The predicted octanol–water partition coefficient (Wildman–Crippen LogP) is -2.23. The van der Waals surface area contributed by atoms with Crippen molar-refractivity contribution in [3.8, 4) is 0 Å². The summed E-state index contributed by atoms with van der Waals surface area (Å²) in [5, 5.41) is 5.82. The van der Waals surface area contributed by atoms with E-state index in [9.17, 15) is 9.59 Å². The van der Waals surface area contributed by atoms with Crippen LogP contribution < -0.4 is 27.8 Å². The number of carbonyl (C=O) groups excluding carboxylic acids is 2. The second-order valence-corrected chi connectivity index (χ2v) is 4.61. The third-order valence-corrected chi connectivity index (χ3v) is 3.03. The van der Waals surface area contributed by atoms with Crippen LogP contribution >= 0.6 is 0 Å². The van der Waals surface area contributed by atoms with Crippen molar-refractivity contribution in [3.63, 3.8) is 0 Å². The van der Waals surface area contributed by atoms with Crippen molar-refractivity contribution in [3.05, 3.63) is 0 Å².